The zero-order chi connectivity index (χ0) is 24.2. The first-order chi connectivity index (χ1) is 17.0. The molecule has 8 nitrogen and oxygen atoms in total. The van der Waals surface area contributed by atoms with Gasteiger partial charge in [0.2, 0.25) is 5.91 Å². The number of anilines is 1. The molecule has 2 aliphatic heterocycles. The number of nitriles is 1. The molecular weight excluding hydrogens is 440 g/mol. The number of urea groups is 1. The number of hydrogen-bond donors (Lipinski definition) is 1. The van der Waals surface area contributed by atoms with E-state index in [1.165, 1.54) is 4.90 Å². The molecule has 1 fully saturated rings. The Morgan fingerprint density at radius 2 is 1.80 bits per heavy atom. The van der Waals surface area contributed by atoms with Crippen molar-refractivity contribution in [3.05, 3.63) is 90.0 Å². The standard InChI is InChI=1S/C27H20N6O2/c28-11-19-10-9-18(13-30-19)24-20-6-2-1-5-17(20)12-31-22(24)14-33-23-8-4-3-7-21(23)27(25(33)34)15-32(16-27)26(29)35/h1-10,12-13H,14-16H2,(H2,29,35). The summed E-state index contributed by atoms with van der Waals surface area (Å²) >= 11 is 0. The lowest BCUT2D eigenvalue weighted by molar-refractivity contribution is -0.127. The van der Waals surface area contributed by atoms with E-state index in [-0.39, 0.29) is 25.5 Å². The number of carbonyl (C=O) groups is 2. The van der Waals surface area contributed by atoms with Crippen LogP contribution in [0, 0.1) is 11.3 Å². The second kappa shape index (κ2) is 7.64. The molecule has 1 spiro atoms. The Balaban J connectivity index is 1.46. The van der Waals surface area contributed by atoms with Crippen LogP contribution in [0.5, 0.6) is 0 Å². The highest BCUT2D eigenvalue weighted by atomic mass is 16.2. The summed E-state index contributed by atoms with van der Waals surface area (Å²) in [6.45, 7) is 0.798. The van der Waals surface area contributed by atoms with Crippen LogP contribution in [0.4, 0.5) is 10.5 Å². The van der Waals surface area contributed by atoms with Gasteiger partial charge in [0.25, 0.3) is 0 Å². The Kier molecular flexibility index (Phi) is 4.54. The first kappa shape index (κ1) is 20.8. The van der Waals surface area contributed by atoms with Crippen molar-refractivity contribution in [1.82, 2.24) is 14.9 Å². The molecule has 2 aromatic heterocycles. The summed E-state index contributed by atoms with van der Waals surface area (Å²) in [5.41, 5.74) is 9.15. The molecular formula is C27H20N6O2. The highest BCUT2D eigenvalue weighted by Crippen LogP contribution is 2.48. The maximum atomic E-state index is 13.8. The summed E-state index contributed by atoms with van der Waals surface area (Å²) in [5, 5.41) is 11.1. The quantitative estimate of drug-likeness (QED) is 0.503. The number of aromatic nitrogens is 2. The Morgan fingerprint density at radius 3 is 2.54 bits per heavy atom. The molecule has 4 aromatic rings. The molecule has 2 aromatic carbocycles. The first-order valence-corrected chi connectivity index (χ1v) is 11.2. The number of rotatable bonds is 3. The zero-order valence-electron chi connectivity index (χ0n) is 18.7. The molecule has 0 aliphatic carbocycles. The van der Waals surface area contributed by atoms with Crippen molar-refractivity contribution in [2.45, 2.75) is 12.0 Å². The number of carbonyl (C=O) groups excluding carboxylic acids is 2. The number of primary amides is 1. The zero-order valence-corrected chi connectivity index (χ0v) is 18.7. The second-order valence-electron chi connectivity index (χ2n) is 8.90. The number of pyridine rings is 2. The Bertz CT molecular complexity index is 1550. The number of hydrogen-bond acceptors (Lipinski definition) is 5. The summed E-state index contributed by atoms with van der Waals surface area (Å²) in [6, 6.07) is 20.7. The van der Waals surface area contributed by atoms with E-state index >= 15 is 0 Å². The van der Waals surface area contributed by atoms with E-state index in [0.29, 0.717) is 5.69 Å². The van der Waals surface area contributed by atoms with Crippen molar-refractivity contribution in [3.63, 3.8) is 0 Å². The lowest BCUT2D eigenvalue weighted by Gasteiger charge is -2.45. The Labute approximate surface area is 201 Å². The van der Waals surface area contributed by atoms with Gasteiger partial charge in [0, 0.05) is 47.7 Å². The van der Waals surface area contributed by atoms with Crippen LogP contribution in [0.3, 0.4) is 0 Å². The minimum atomic E-state index is -0.779. The van der Waals surface area contributed by atoms with E-state index in [2.05, 4.69) is 4.98 Å². The fourth-order valence-electron chi connectivity index (χ4n) is 5.22. The van der Waals surface area contributed by atoms with Gasteiger partial charge in [0.15, 0.2) is 0 Å². The van der Waals surface area contributed by atoms with Gasteiger partial charge in [-0.2, -0.15) is 5.26 Å². The molecule has 0 atom stereocenters. The van der Waals surface area contributed by atoms with Gasteiger partial charge in [-0.15, -0.1) is 0 Å². The smallest absolute Gasteiger partial charge is 0.314 e. The van der Waals surface area contributed by atoms with Gasteiger partial charge in [-0.3, -0.25) is 9.78 Å². The topological polar surface area (TPSA) is 116 Å². The van der Waals surface area contributed by atoms with Crippen LogP contribution in [-0.2, 0) is 16.8 Å². The molecule has 0 saturated carbocycles. The Morgan fingerprint density at radius 1 is 1.03 bits per heavy atom. The van der Waals surface area contributed by atoms with E-state index in [1.54, 1.807) is 17.2 Å². The Hall–Kier alpha value is -4.77. The number of nitrogens with two attached hydrogens (primary N) is 1. The summed E-state index contributed by atoms with van der Waals surface area (Å²) < 4.78 is 0. The van der Waals surface area contributed by atoms with E-state index in [0.717, 1.165) is 38.8 Å². The normalized spacial score (nSPS) is 15.7. The number of likely N-dealkylation sites (tertiary alicyclic amines) is 1. The van der Waals surface area contributed by atoms with Crippen molar-refractivity contribution in [2.24, 2.45) is 5.73 Å². The average molecular weight is 460 g/mol. The summed E-state index contributed by atoms with van der Waals surface area (Å²) in [5.74, 6) is -0.0601. The van der Waals surface area contributed by atoms with Gasteiger partial charge in [0.05, 0.1) is 12.2 Å². The van der Waals surface area contributed by atoms with Crippen molar-refractivity contribution in [1.29, 1.82) is 5.26 Å². The van der Waals surface area contributed by atoms with E-state index < -0.39 is 11.4 Å². The summed E-state index contributed by atoms with van der Waals surface area (Å²) in [4.78, 5) is 37.7. The molecule has 0 bridgehead atoms. The molecule has 8 heteroatoms. The highest BCUT2D eigenvalue weighted by molar-refractivity contribution is 6.10. The number of nitrogens with zero attached hydrogens (tertiary/aromatic N) is 5. The van der Waals surface area contributed by atoms with Gasteiger partial charge in [-0.1, -0.05) is 42.5 Å². The van der Waals surface area contributed by atoms with Crippen LogP contribution in [0.25, 0.3) is 21.9 Å². The minimum Gasteiger partial charge on any atom is -0.351 e. The number of fused-ring (bicyclic) bond motifs is 3. The summed E-state index contributed by atoms with van der Waals surface area (Å²) in [7, 11) is 0. The van der Waals surface area contributed by atoms with Gasteiger partial charge >= 0.3 is 6.03 Å². The fraction of sp³-hybridized carbons (Fsp3) is 0.148. The molecule has 0 unspecified atom stereocenters. The maximum absolute atomic E-state index is 13.8. The predicted molar refractivity (Wildman–Crippen MR) is 130 cm³/mol. The van der Waals surface area contributed by atoms with E-state index in [1.807, 2.05) is 66.9 Å². The average Bonchev–Trinajstić information content (AvgIpc) is 3.11. The van der Waals surface area contributed by atoms with E-state index in [9.17, 15) is 9.59 Å². The first-order valence-electron chi connectivity index (χ1n) is 11.2. The lowest BCUT2D eigenvalue weighted by Crippen LogP contribution is -2.66. The van der Waals surface area contributed by atoms with Crippen LogP contribution in [0.2, 0.25) is 0 Å². The largest absolute Gasteiger partial charge is 0.351 e. The third-order valence-electron chi connectivity index (χ3n) is 6.95. The van der Waals surface area contributed by atoms with Crippen LogP contribution in [0.1, 0.15) is 17.0 Å². The van der Waals surface area contributed by atoms with E-state index in [4.69, 9.17) is 16.0 Å². The third kappa shape index (κ3) is 3.05. The van der Waals surface area contributed by atoms with Crippen LogP contribution in [-0.4, -0.2) is 39.9 Å². The molecule has 170 valence electrons. The van der Waals surface area contributed by atoms with Crippen molar-refractivity contribution in [3.8, 4) is 17.2 Å². The molecule has 1 saturated heterocycles. The van der Waals surface area contributed by atoms with Crippen molar-refractivity contribution in [2.75, 3.05) is 18.0 Å². The molecule has 0 radical (unpaired) electrons. The number of amides is 3. The van der Waals surface area contributed by atoms with Gasteiger partial charge in [-0.25, -0.2) is 9.78 Å². The molecule has 2 aliphatic rings. The molecule has 35 heavy (non-hydrogen) atoms. The molecule has 6 rings (SSSR count). The molecule has 2 N–H and O–H groups in total. The second-order valence-corrected chi connectivity index (χ2v) is 8.90. The SMILES string of the molecule is N#Cc1ccc(-c2c(CN3C(=O)C4(CN(C(N)=O)C4)c4ccccc43)ncc3ccccc23)cn1. The fourth-order valence-corrected chi connectivity index (χ4v) is 5.22. The maximum Gasteiger partial charge on any atom is 0.314 e. The third-order valence-corrected chi connectivity index (χ3v) is 6.95. The van der Waals surface area contributed by atoms with Crippen molar-refractivity contribution < 1.29 is 9.59 Å². The van der Waals surface area contributed by atoms with Crippen LogP contribution in [0.15, 0.2) is 73.1 Å². The lowest BCUT2D eigenvalue weighted by atomic mass is 9.75. The summed E-state index contributed by atoms with van der Waals surface area (Å²) in [6.07, 6.45) is 3.48. The van der Waals surface area contributed by atoms with Gasteiger partial charge in [-0.05, 0) is 29.1 Å². The predicted octanol–water partition coefficient (Wildman–Crippen LogP) is 3.35. The van der Waals surface area contributed by atoms with Gasteiger partial charge < -0.3 is 15.5 Å². The molecule has 3 amide bonds. The van der Waals surface area contributed by atoms with Gasteiger partial charge in [0.1, 0.15) is 17.2 Å². The van der Waals surface area contributed by atoms with Crippen LogP contribution < -0.4 is 10.6 Å². The minimum absolute atomic E-state index is 0.0601. The van der Waals surface area contributed by atoms with Crippen LogP contribution >= 0.6 is 0 Å². The highest BCUT2D eigenvalue weighted by Gasteiger charge is 2.58. The number of para-hydroxylation sites is 1. The monoisotopic (exact) mass is 460 g/mol. The number of benzene rings is 2. The molecule has 4 heterocycles. The van der Waals surface area contributed by atoms with Crippen molar-refractivity contribution >= 4 is 28.4 Å².